The molecule has 0 unspecified atom stereocenters. The van der Waals surface area contributed by atoms with Gasteiger partial charge in [-0.3, -0.25) is 9.59 Å². The summed E-state index contributed by atoms with van der Waals surface area (Å²) >= 11 is 0. The van der Waals surface area contributed by atoms with Gasteiger partial charge in [-0.05, 0) is 56.2 Å². The van der Waals surface area contributed by atoms with Crippen LogP contribution in [0.25, 0.3) is 6.08 Å². The number of rotatable bonds is 7. The molecule has 0 fully saturated rings. The Balaban J connectivity index is 1.87. The third-order valence-electron chi connectivity index (χ3n) is 3.81. The fraction of sp³-hybridized carbons (Fsp3) is 0.261. The van der Waals surface area contributed by atoms with Gasteiger partial charge in [-0.15, -0.1) is 0 Å². The SMILES string of the molecule is CC(C)(C)OC(=O)NCC(=O)Nc1ccccc1CNC(=O)/C=C/c1cccc(F)c1. The van der Waals surface area contributed by atoms with Crippen LogP contribution in [-0.4, -0.2) is 30.1 Å². The molecule has 2 aromatic rings. The molecule has 3 amide bonds. The maximum atomic E-state index is 13.2. The molecule has 0 heterocycles. The smallest absolute Gasteiger partial charge is 0.408 e. The first-order valence-corrected chi connectivity index (χ1v) is 9.68. The van der Waals surface area contributed by atoms with Crippen LogP contribution in [-0.2, 0) is 20.9 Å². The summed E-state index contributed by atoms with van der Waals surface area (Å²) in [6.45, 7) is 5.09. The Morgan fingerprint density at radius 1 is 1.03 bits per heavy atom. The Morgan fingerprint density at radius 2 is 1.77 bits per heavy atom. The Hall–Kier alpha value is -3.68. The monoisotopic (exact) mass is 427 g/mol. The van der Waals surface area contributed by atoms with Gasteiger partial charge in [0.2, 0.25) is 11.8 Å². The number of alkyl carbamates (subject to hydrolysis) is 1. The second-order valence-corrected chi connectivity index (χ2v) is 7.67. The summed E-state index contributed by atoms with van der Waals surface area (Å²) in [6, 6.07) is 12.9. The number of benzene rings is 2. The van der Waals surface area contributed by atoms with E-state index in [1.54, 1.807) is 57.2 Å². The van der Waals surface area contributed by atoms with E-state index in [0.717, 1.165) is 0 Å². The molecule has 0 aliphatic heterocycles. The first-order chi connectivity index (χ1) is 14.6. The summed E-state index contributed by atoms with van der Waals surface area (Å²) in [6.07, 6.45) is 2.13. The highest BCUT2D eigenvalue weighted by Crippen LogP contribution is 2.15. The Kier molecular flexibility index (Phi) is 8.31. The van der Waals surface area contributed by atoms with E-state index in [2.05, 4.69) is 16.0 Å². The molecule has 0 atom stereocenters. The number of nitrogens with one attached hydrogen (secondary N) is 3. The molecule has 0 spiro atoms. The maximum absolute atomic E-state index is 13.2. The highest BCUT2D eigenvalue weighted by Gasteiger charge is 2.17. The second kappa shape index (κ2) is 10.9. The van der Waals surface area contributed by atoms with Crippen molar-refractivity contribution in [2.75, 3.05) is 11.9 Å². The van der Waals surface area contributed by atoms with Crippen molar-refractivity contribution in [2.45, 2.75) is 32.9 Å². The van der Waals surface area contributed by atoms with E-state index < -0.39 is 17.6 Å². The van der Waals surface area contributed by atoms with Crippen LogP contribution < -0.4 is 16.0 Å². The van der Waals surface area contributed by atoms with Crippen molar-refractivity contribution in [1.29, 1.82) is 0 Å². The van der Waals surface area contributed by atoms with Crippen LogP contribution >= 0.6 is 0 Å². The lowest BCUT2D eigenvalue weighted by Gasteiger charge is -2.19. The van der Waals surface area contributed by atoms with E-state index in [-0.39, 0.29) is 24.8 Å². The lowest BCUT2D eigenvalue weighted by molar-refractivity contribution is -0.116. The van der Waals surface area contributed by atoms with Gasteiger partial charge in [0.15, 0.2) is 0 Å². The fourth-order valence-electron chi connectivity index (χ4n) is 2.48. The Morgan fingerprint density at radius 3 is 2.48 bits per heavy atom. The van der Waals surface area contributed by atoms with Crippen molar-refractivity contribution in [2.24, 2.45) is 0 Å². The van der Waals surface area contributed by atoms with E-state index in [0.29, 0.717) is 16.8 Å². The van der Waals surface area contributed by atoms with Crippen LogP contribution in [0, 0.1) is 5.82 Å². The number of carbonyl (C=O) groups excluding carboxylic acids is 3. The number of amides is 3. The first kappa shape index (κ1) is 23.6. The molecule has 0 aliphatic carbocycles. The van der Waals surface area contributed by atoms with E-state index in [9.17, 15) is 18.8 Å². The van der Waals surface area contributed by atoms with Crippen molar-refractivity contribution in [3.8, 4) is 0 Å². The minimum absolute atomic E-state index is 0.169. The van der Waals surface area contributed by atoms with Crippen LogP contribution in [0.4, 0.5) is 14.9 Å². The zero-order valence-electron chi connectivity index (χ0n) is 17.7. The van der Waals surface area contributed by atoms with Crippen molar-refractivity contribution in [3.05, 3.63) is 71.6 Å². The van der Waals surface area contributed by atoms with E-state index in [1.165, 1.54) is 24.3 Å². The third kappa shape index (κ3) is 9.12. The van der Waals surface area contributed by atoms with Gasteiger partial charge in [0.1, 0.15) is 18.0 Å². The van der Waals surface area contributed by atoms with Crippen molar-refractivity contribution in [3.63, 3.8) is 0 Å². The molecular weight excluding hydrogens is 401 g/mol. The van der Waals surface area contributed by atoms with Gasteiger partial charge >= 0.3 is 6.09 Å². The summed E-state index contributed by atoms with van der Waals surface area (Å²) in [5.74, 6) is -1.18. The standard InChI is InChI=1S/C23H26FN3O4/c1-23(2,3)31-22(30)26-15-21(29)27-19-10-5-4-8-17(19)14-25-20(28)12-11-16-7-6-9-18(24)13-16/h4-13H,14-15H2,1-3H3,(H,25,28)(H,26,30)(H,27,29)/b12-11+. The van der Waals surface area contributed by atoms with Crippen molar-refractivity contribution in [1.82, 2.24) is 10.6 Å². The molecule has 164 valence electrons. The minimum atomic E-state index is -0.687. The zero-order valence-corrected chi connectivity index (χ0v) is 17.7. The van der Waals surface area contributed by atoms with Gasteiger partial charge in [0.05, 0.1) is 0 Å². The summed E-state index contributed by atoms with van der Waals surface area (Å²) in [7, 11) is 0. The van der Waals surface area contributed by atoms with E-state index in [4.69, 9.17) is 4.74 Å². The van der Waals surface area contributed by atoms with Crippen LogP contribution in [0.2, 0.25) is 0 Å². The normalized spacial score (nSPS) is 11.1. The van der Waals surface area contributed by atoms with Gasteiger partial charge in [-0.25, -0.2) is 9.18 Å². The molecule has 0 saturated heterocycles. The molecule has 0 aliphatic rings. The lowest BCUT2D eigenvalue weighted by atomic mass is 10.1. The maximum Gasteiger partial charge on any atom is 0.408 e. The molecule has 2 rings (SSSR count). The predicted molar refractivity (Wildman–Crippen MR) is 117 cm³/mol. The Labute approximate surface area is 180 Å². The highest BCUT2D eigenvalue weighted by molar-refractivity contribution is 5.95. The zero-order chi connectivity index (χ0) is 22.9. The second-order valence-electron chi connectivity index (χ2n) is 7.67. The van der Waals surface area contributed by atoms with Crippen molar-refractivity contribution < 1.29 is 23.5 Å². The molecular formula is C23H26FN3O4. The Bertz CT molecular complexity index is 967. The molecule has 31 heavy (non-hydrogen) atoms. The number of anilines is 1. The number of carbonyl (C=O) groups is 3. The molecule has 2 aromatic carbocycles. The largest absolute Gasteiger partial charge is 0.444 e. The average molecular weight is 427 g/mol. The van der Waals surface area contributed by atoms with Gasteiger partial charge in [0, 0.05) is 18.3 Å². The molecule has 0 radical (unpaired) electrons. The lowest BCUT2D eigenvalue weighted by Crippen LogP contribution is -2.37. The number of ether oxygens (including phenoxy) is 1. The molecule has 7 nitrogen and oxygen atoms in total. The summed E-state index contributed by atoms with van der Waals surface area (Å²) in [4.78, 5) is 35.9. The number of hydrogen-bond acceptors (Lipinski definition) is 4. The summed E-state index contributed by atoms with van der Waals surface area (Å²) in [5, 5.41) is 7.80. The predicted octanol–water partition coefficient (Wildman–Crippen LogP) is 3.62. The van der Waals surface area contributed by atoms with E-state index in [1.807, 2.05) is 0 Å². The summed E-state index contributed by atoms with van der Waals surface area (Å²) in [5.41, 5.74) is 1.10. The fourth-order valence-corrected chi connectivity index (χ4v) is 2.48. The topological polar surface area (TPSA) is 96.5 Å². The van der Waals surface area contributed by atoms with Gasteiger partial charge in [0.25, 0.3) is 0 Å². The molecule has 3 N–H and O–H groups in total. The van der Waals surface area contributed by atoms with Crippen LogP contribution in [0.5, 0.6) is 0 Å². The molecule has 8 heteroatoms. The van der Waals surface area contributed by atoms with Crippen LogP contribution in [0.3, 0.4) is 0 Å². The molecule has 0 saturated carbocycles. The highest BCUT2D eigenvalue weighted by atomic mass is 19.1. The number of halogens is 1. The average Bonchev–Trinajstić information content (AvgIpc) is 2.69. The number of para-hydroxylation sites is 1. The van der Waals surface area contributed by atoms with Crippen LogP contribution in [0.15, 0.2) is 54.6 Å². The molecule has 0 aromatic heterocycles. The van der Waals surface area contributed by atoms with Crippen molar-refractivity contribution >= 4 is 29.7 Å². The van der Waals surface area contributed by atoms with E-state index >= 15 is 0 Å². The minimum Gasteiger partial charge on any atom is -0.444 e. The van der Waals surface area contributed by atoms with Gasteiger partial charge in [-0.2, -0.15) is 0 Å². The summed E-state index contributed by atoms with van der Waals surface area (Å²) < 4.78 is 18.3. The molecule has 0 bridgehead atoms. The first-order valence-electron chi connectivity index (χ1n) is 9.68. The number of hydrogen-bond donors (Lipinski definition) is 3. The quantitative estimate of drug-likeness (QED) is 0.588. The van der Waals surface area contributed by atoms with Gasteiger partial charge in [-0.1, -0.05) is 30.3 Å². The third-order valence-corrected chi connectivity index (χ3v) is 3.81. The van der Waals surface area contributed by atoms with Crippen LogP contribution in [0.1, 0.15) is 31.9 Å². The van der Waals surface area contributed by atoms with Gasteiger partial charge < -0.3 is 20.7 Å².